The van der Waals surface area contributed by atoms with E-state index in [0.29, 0.717) is 11.3 Å². The molecule has 0 radical (unpaired) electrons. The second-order valence-electron chi connectivity index (χ2n) is 4.22. The minimum Gasteiger partial charge on any atom is -0.306 e. The lowest BCUT2D eigenvalue weighted by atomic mass is 10.1. The maximum absolute atomic E-state index is 13.6. The monoisotopic (exact) mass is 244 g/mol. The van der Waals surface area contributed by atoms with Gasteiger partial charge in [0.05, 0.1) is 5.69 Å². The topological polar surface area (TPSA) is 17.3 Å². The van der Waals surface area contributed by atoms with Gasteiger partial charge >= 0.3 is 0 Å². The Morgan fingerprint density at radius 3 is 2.78 bits per heavy atom. The molecule has 0 fully saturated rings. The molecule has 18 heavy (non-hydrogen) atoms. The minimum atomic E-state index is -0.475. The summed E-state index contributed by atoms with van der Waals surface area (Å²) in [6.07, 6.45) is 3.53. The van der Waals surface area contributed by atoms with Crippen LogP contribution in [-0.4, -0.2) is 9.38 Å². The first-order chi connectivity index (χ1) is 8.63. The van der Waals surface area contributed by atoms with Gasteiger partial charge < -0.3 is 4.40 Å². The Morgan fingerprint density at radius 1 is 1.11 bits per heavy atom. The molecule has 0 aliphatic carbocycles. The number of hydrogen-bond donors (Lipinski definition) is 0. The van der Waals surface area contributed by atoms with Crippen molar-refractivity contribution in [3.8, 4) is 11.3 Å². The van der Waals surface area contributed by atoms with E-state index in [1.54, 1.807) is 10.6 Å². The van der Waals surface area contributed by atoms with Crippen LogP contribution in [0.4, 0.5) is 8.78 Å². The zero-order chi connectivity index (χ0) is 12.7. The third-order valence-electron chi connectivity index (χ3n) is 2.82. The predicted molar refractivity (Wildman–Crippen MR) is 65.3 cm³/mol. The number of aryl methyl sites for hydroxylation is 1. The van der Waals surface area contributed by atoms with Crippen LogP contribution >= 0.6 is 0 Å². The van der Waals surface area contributed by atoms with Crippen LogP contribution in [0.1, 0.15) is 5.56 Å². The van der Waals surface area contributed by atoms with Crippen LogP contribution in [0.3, 0.4) is 0 Å². The van der Waals surface area contributed by atoms with Crippen molar-refractivity contribution < 1.29 is 8.78 Å². The van der Waals surface area contributed by atoms with E-state index >= 15 is 0 Å². The molecule has 3 aromatic rings. The van der Waals surface area contributed by atoms with E-state index in [4.69, 9.17) is 0 Å². The standard InChI is InChI=1S/C14H10F2N2/c1-9-4-5-18-8-13(17-14(18)6-9)11-7-10(15)2-3-12(11)16/h2-8H,1H3. The average Bonchev–Trinajstić information content (AvgIpc) is 2.74. The molecule has 0 spiro atoms. The molecular formula is C14H10F2N2. The second kappa shape index (κ2) is 3.91. The average molecular weight is 244 g/mol. The Morgan fingerprint density at radius 2 is 1.94 bits per heavy atom. The van der Waals surface area contributed by atoms with Crippen LogP contribution < -0.4 is 0 Å². The molecule has 0 bridgehead atoms. The third-order valence-corrected chi connectivity index (χ3v) is 2.82. The summed E-state index contributed by atoms with van der Waals surface area (Å²) in [4.78, 5) is 4.30. The van der Waals surface area contributed by atoms with E-state index in [2.05, 4.69) is 4.98 Å². The molecule has 90 valence electrons. The fourth-order valence-corrected chi connectivity index (χ4v) is 1.91. The van der Waals surface area contributed by atoms with E-state index < -0.39 is 11.6 Å². The number of pyridine rings is 1. The normalized spacial score (nSPS) is 11.1. The highest BCUT2D eigenvalue weighted by molar-refractivity contribution is 5.63. The van der Waals surface area contributed by atoms with Gasteiger partial charge in [0.1, 0.15) is 17.3 Å². The van der Waals surface area contributed by atoms with Gasteiger partial charge in [0.25, 0.3) is 0 Å². The first-order valence-corrected chi connectivity index (χ1v) is 5.54. The quantitative estimate of drug-likeness (QED) is 0.639. The summed E-state index contributed by atoms with van der Waals surface area (Å²) in [7, 11) is 0. The summed E-state index contributed by atoms with van der Waals surface area (Å²) in [5.41, 5.74) is 2.39. The maximum atomic E-state index is 13.6. The lowest BCUT2D eigenvalue weighted by molar-refractivity contribution is 0.603. The summed E-state index contributed by atoms with van der Waals surface area (Å²) in [5, 5.41) is 0. The van der Waals surface area contributed by atoms with E-state index in [9.17, 15) is 8.78 Å². The summed E-state index contributed by atoms with van der Waals surface area (Å²) < 4.78 is 28.6. The van der Waals surface area contributed by atoms with E-state index in [1.807, 2.05) is 25.3 Å². The molecule has 0 aliphatic heterocycles. The maximum Gasteiger partial charge on any atom is 0.137 e. The van der Waals surface area contributed by atoms with Crippen molar-refractivity contribution >= 4 is 5.65 Å². The van der Waals surface area contributed by atoms with E-state index in [1.165, 1.54) is 0 Å². The highest BCUT2D eigenvalue weighted by Gasteiger charge is 2.10. The Balaban J connectivity index is 2.22. The molecule has 0 aliphatic rings. The number of imidazole rings is 1. The number of halogens is 2. The molecule has 0 atom stereocenters. The molecule has 0 saturated carbocycles. The number of benzene rings is 1. The van der Waals surface area contributed by atoms with Gasteiger partial charge in [-0.3, -0.25) is 0 Å². The van der Waals surface area contributed by atoms with Gasteiger partial charge in [-0.05, 0) is 42.8 Å². The van der Waals surface area contributed by atoms with Crippen molar-refractivity contribution in [1.29, 1.82) is 0 Å². The fourth-order valence-electron chi connectivity index (χ4n) is 1.91. The van der Waals surface area contributed by atoms with Crippen molar-refractivity contribution in [3.05, 3.63) is 59.9 Å². The molecule has 3 rings (SSSR count). The largest absolute Gasteiger partial charge is 0.306 e. The summed E-state index contributed by atoms with van der Waals surface area (Å²) in [6, 6.07) is 7.18. The van der Waals surface area contributed by atoms with Gasteiger partial charge in [0.2, 0.25) is 0 Å². The molecule has 0 amide bonds. The zero-order valence-corrected chi connectivity index (χ0v) is 9.69. The first kappa shape index (κ1) is 10.9. The van der Waals surface area contributed by atoms with Crippen LogP contribution in [0.25, 0.3) is 16.9 Å². The van der Waals surface area contributed by atoms with Crippen molar-refractivity contribution in [2.24, 2.45) is 0 Å². The Bertz CT molecular complexity index is 732. The van der Waals surface area contributed by atoms with Crippen molar-refractivity contribution in [1.82, 2.24) is 9.38 Å². The smallest absolute Gasteiger partial charge is 0.137 e. The molecule has 0 N–H and O–H groups in total. The van der Waals surface area contributed by atoms with E-state index in [0.717, 1.165) is 23.8 Å². The summed E-state index contributed by atoms with van der Waals surface area (Å²) in [5.74, 6) is -0.948. The lowest BCUT2D eigenvalue weighted by Crippen LogP contribution is -1.86. The fraction of sp³-hybridized carbons (Fsp3) is 0.0714. The van der Waals surface area contributed by atoms with Crippen LogP contribution in [0.5, 0.6) is 0 Å². The molecule has 2 heterocycles. The Hall–Kier alpha value is -2.23. The highest BCUT2D eigenvalue weighted by Crippen LogP contribution is 2.23. The van der Waals surface area contributed by atoms with Crippen molar-refractivity contribution in [2.75, 3.05) is 0 Å². The number of fused-ring (bicyclic) bond motifs is 1. The van der Waals surface area contributed by atoms with Crippen LogP contribution in [0.15, 0.2) is 42.7 Å². The highest BCUT2D eigenvalue weighted by atomic mass is 19.1. The number of nitrogens with zero attached hydrogens (tertiary/aromatic N) is 2. The number of rotatable bonds is 1. The van der Waals surface area contributed by atoms with Gasteiger partial charge in [-0.2, -0.15) is 0 Å². The molecule has 0 saturated heterocycles. The van der Waals surface area contributed by atoms with Crippen molar-refractivity contribution in [2.45, 2.75) is 6.92 Å². The molecular weight excluding hydrogens is 234 g/mol. The number of aromatic nitrogens is 2. The summed E-state index contributed by atoms with van der Waals surface area (Å²) >= 11 is 0. The van der Waals surface area contributed by atoms with Gasteiger partial charge in [-0.15, -0.1) is 0 Å². The van der Waals surface area contributed by atoms with Crippen molar-refractivity contribution in [3.63, 3.8) is 0 Å². The van der Waals surface area contributed by atoms with Gasteiger partial charge in [-0.25, -0.2) is 13.8 Å². The predicted octanol–water partition coefficient (Wildman–Crippen LogP) is 3.59. The second-order valence-corrected chi connectivity index (χ2v) is 4.22. The molecule has 2 nitrogen and oxygen atoms in total. The molecule has 0 unspecified atom stereocenters. The first-order valence-electron chi connectivity index (χ1n) is 5.54. The minimum absolute atomic E-state index is 0.177. The number of hydrogen-bond acceptors (Lipinski definition) is 1. The van der Waals surface area contributed by atoms with Crippen LogP contribution in [-0.2, 0) is 0 Å². The van der Waals surface area contributed by atoms with Gasteiger partial charge in [-0.1, -0.05) is 0 Å². The Kier molecular flexibility index (Phi) is 2.37. The van der Waals surface area contributed by atoms with Crippen LogP contribution in [0.2, 0.25) is 0 Å². The van der Waals surface area contributed by atoms with Gasteiger partial charge in [0, 0.05) is 18.0 Å². The molecule has 4 heteroatoms. The van der Waals surface area contributed by atoms with Crippen LogP contribution in [0, 0.1) is 18.6 Å². The lowest BCUT2D eigenvalue weighted by Gasteiger charge is -1.98. The third kappa shape index (κ3) is 1.76. The zero-order valence-electron chi connectivity index (χ0n) is 9.69. The summed E-state index contributed by atoms with van der Waals surface area (Å²) in [6.45, 7) is 1.96. The Labute approximate surface area is 103 Å². The molecule has 2 aromatic heterocycles. The SMILES string of the molecule is Cc1ccn2cc(-c3cc(F)ccc3F)nc2c1. The van der Waals surface area contributed by atoms with Gasteiger partial charge in [0.15, 0.2) is 0 Å². The molecule has 1 aromatic carbocycles. The van der Waals surface area contributed by atoms with E-state index in [-0.39, 0.29) is 5.56 Å².